The third kappa shape index (κ3) is 3.94. The molecule has 0 heterocycles. The van der Waals surface area contributed by atoms with Gasteiger partial charge in [-0.05, 0) is 34.6 Å². The average Bonchev–Trinajstić information content (AvgIpc) is 2.48. The first kappa shape index (κ1) is 15.3. The van der Waals surface area contributed by atoms with Crippen LogP contribution in [0.3, 0.4) is 0 Å². The van der Waals surface area contributed by atoms with E-state index in [0.717, 1.165) is 11.1 Å². The predicted octanol–water partition coefficient (Wildman–Crippen LogP) is 4.74. The zero-order chi connectivity index (χ0) is 15.4. The number of carboxylic acids is 1. The van der Waals surface area contributed by atoms with Gasteiger partial charge in [0, 0.05) is 0 Å². The van der Waals surface area contributed by atoms with E-state index in [9.17, 15) is 4.79 Å². The standard InChI is InChI=1S/C19H22O2/c1-13(2)16-8-10-18(11-9-16)17-6-4-15(5-7-17)12-14(3)19(20)21/h4-11,13-14H,12H2,1-3H3,(H,20,21). The van der Waals surface area contributed by atoms with E-state index in [4.69, 9.17) is 5.11 Å². The van der Waals surface area contributed by atoms with Crippen LogP contribution in [0.1, 0.15) is 37.8 Å². The molecule has 2 aromatic rings. The van der Waals surface area contributed by atoms with E-state index in [1.165, 1.54) is 11.1 Å². The summed E-state index contributed by atoms with van der Waals surface area (Å²) in [5, 5.41) is 8.95. The fraction of sp³-hybridized carbons (Fsp3) is 0.316. The van der Waals surface area contributed by atoms with E-state index in [0.29, 0.717) is 12.3 Å². The number of benzene rings is 2. The Bertz CT molecular complexity index is 594. The molecule has 0 fully saturated rings. The lowest BCUT2D eigenvalue weighted by Gasteiger charge is -2.09. The zero-order valence-corrected chi connectivity index (χ0v) is 12.8. The maximum atomic E-state index is 10.9. The van der Waals surface area contributed by atoms with Crippen LogP contribution in [0, 0.1) is 5.92 Å². The minimum atomic E-state index is -0.747. The van der Waals surface area contributed by atoms with E-state index < -0.39 is 5.97 Å². The molecule has 0 aliphatic heterocycles. The molecule has 0 aromatic heterocycles. The van der Waals surface area contributed by atoms with Crippen molar-refractivity contribution in [1.82, 2.24) is 0 Å². The number of aliphatic carboxylic acids is 1. The maximum absolute atomic E-state index is 10.9. The first-order valence-corrected chi connectivity index (χ1v) is 7.39. The molecular formula is C19H22O2. The lowest BCUT2D eigenvalue weighted by atomic mass is 9.96. The van der Waals surface area contributed by atoms with Crippen LogP contribution in [0.2, 0.25) is 0 Å². The molecule has 21 heavy (non-hydrogen) atoms. The van der Waals surface area contributed by atoms with Crippen LogP contribution in [0.4, 0.5) is 0 Å². The van der Waals surface area contributed by atoms with Gasteiger partial charge in [0.1, 0.15) is 0 Å². The third-order valence-electron chi connectivity index (χ3n) is 3.83. The minimum absolute atomic E-state index is 0.346. The molecular weight excluding hydrogens is 260 g/mol. The highest BCUT2D eigenvalue weighted by Gasteiger charge is 2.11. The van der Waals surface area contributed by atoms with E-state index in [2.05, 4.69) is 50.2 Å². The highest BCUT2D eigenvalue weighted by Crippen LogP contribution is 2.23. The van der Waals surface area contributed by atoms with Crippen molar-refractivity contribution >= 4 is 5.97 Å². The Morgan fingerprint density at radius 3 is 1.81 bits per heavy atom. The van der Waals surface area contributed by atoms with Gasteiger partial charge >= 0.3 is 5.97 Å². The maximum Gasteiger partial charge on any atom is 0.306 e. The van der Waals surface area contributed by atoms with Gasteiger partial charge in [-0.25, -0.2) is 0 Å². The molecule has 1 unspecified atom stereocenters. The molecule has 110 valence electrons. The summed E-state index contributed by atoms with van der Waals surface area (Å²) in [4.78, 5) is 10.9. The van der Waals surface area contributed by atoms with Crippen molar-refractivity contribution in [3.8, 4) is 11.1 Å². The van der Waals surface area contributed by atoms with Gasteiger partial charge in [-0.15, -0.1) is 0 Å². The van der Waals surface area contributed by atoms with Gasteiger partial charge in [-0.1, -0.05) is 69.3 Å². The Hall–Kier alpha value is -2.09. The Balaban J connectivity index is 2.13. The summed E-state index contributed by atoms with van der Waals surface area (Å²) >= 11 is 0. The molecule has 0 aliphatic carbocycles. The van der Waals surface area contributed by atoms with Crippen LogP contribution in [-0.4, -0.2) is 11.1 Å². The smallest absolute Gasteiger partial charge is 0.306 e. The molecule has 2 rings (SSSR count). The summed E-state index contributed by atoms with van der Waals surface area (Å²) in [7, 11) is 0. The van der Waals surface area contributed by atoms with Crippen molar-refractivity contribution in [2.75, 3.05) is 0 Å². The first-order valence-electron chi connectivity index (χ1n) is 7.39. The van der Waals surface area contributed by atoms with Crippen LogP contribution in [0.15, 0.2) is 48.5 Å². The van der Waals surface area contributed by atoms with Gasteiger partial charge in [0.15, 0.2) is 0 Å². The van der Waals surface area contributed by atoms with E-state index in [1.807, 2.05) is 12.1 Å². The lowest BCUT2D eigenvalue weighted by Crippen LogP contribution is -2.12. The van der Waals surface area contributed by atoms with Gasteiger partial charge < -0.3 is 5.11 Å². The van der Waals surface area contributed by atoms with Gasteiger partial charge in [0.25, 0.3) is 0 Å². The normalized spacial score (nSPS) is 12.4. The van der Waals surface area contributed by atoms with E-state index in [1.54, 1.807) is 6.92 Å². The molecule has 1 N–H and O–H groups in total. The van der Waals surface area contributed by atoms with Crippen molar-refractivity contribution in [1.29, 1.82) is 0 Å². The van der Waals surface area contributed by atoms with Crippen molar-refractivity contribution in [3.63, 3.8) is 0 Å². The molecule has 0 bridgehead atoms. The van der Waals surface area contributed by atoms with Gasteiger partial charge in [0.2, 0.25) is 0 Å². The summed E-state index contributed by atoms with van der Waals surface area (Å²) in [5.41, 5.74) is 4.76. The molecule has 0 radical (unpaired) electrons. The highest BCUT2D eigenvalue weighted by atomic mass is 16.4. The molecule has 0 saturated heterocycles. The second-order valence-corrected chi connectivity index (χ2v) is 5.92. The predicted molar refractivity (Wildman–Crippen MR) is 86.5 cm³/mol. The quantitative estimate of drug-likeness (QED) is 0.860. The number of hydrogen-bond acceptors (Lipinski definition) is 1. The molecule has 2 nitrogen and oxygen atoms in total. The zero-order valence-electron chi connectivity index (χ0n) is 12.8. The molecule has 2 heteroatoms. The topological polar surface area (TPSA) is 37.3 Å². The molecule has 2 aromatic carbocycles. The monoisotopic (exact) mass is 282 g/mol. The SMILES string of the molecule is CC(Cc1ccc(-c2ccc(C(C)C)cc2)cc1)C(=O)O. The van der Waals surface area contributed by atoms with E-state index in [-0.39, 0.29) is 5.92 Å². The minimum Gasteiger partial charge on any atom is -0.481 e. The van der Waals surface area contributed by atoms with Crippen molar-refractivity contribution < 1.29 is 9.90 Å². The average molecular weight is 282 g/mol. The fourth-order valence-electron chi connectivity index (χ4n) is 2.33. The fourth-order valence-corrected chi connectivity index (χ4v) is 2.33. The van der Waals surface area contributed by atoms with Crippen LogP contribution >= 0.6 is 0 Å². The second-order valence-electron chi connectivity index (χ2n) is 5.92. The first-order chi connectivity index (χ1) is 9.97. The summed E-state index contributed by atoms with van der Waals surface area (Å²) in [5.74, 6) is -0.552. The summed E-state index contributed by atoms with van der Waals surface area (Å²) in [6.45, 7) is 6.11. The van der Waals surface area contributed by atoms with Crippen molar-refractivity contribution in [3.05, 3.63) is 59.7 Å². The molecule has 0 saturated carbocycles. The lowest BCUT2D eigenvalue weighted by molar-refractivity contribution is -0.141. The van der Waals surface area contributed by atoms with Crippen LogP contribution < -0.4 is 0 Å². The van der Waals surface area contributed by atoms with Crippen molar-refractivity contribution in [2.45, 2.75) is 33.1 Å². The number of hydrogen-bond donors (Lipinski definition) is 1. The Kier molecular flexibility index (Phi) is 4.79. The molecule has 0 aliphatic rings. The second kappa shape index (κ2) is 6.57. The van der Waals surface area contributed by atoms with Crippen LogP contribution in [-0.2, 0) is 11.2 Å². The Labute approximate surface area is 126 Å². The Morgan fingerprint density at radius 1 is 0.905 bits per heavy atom. The Morgan fingerprint density at radius 2 is 1.38 bits per heavy atom. The van der Waals surface area contributed by atoms with Gasteiger partial charge in [-0.3, -0.25) is 4.79 Å². The third-order valence-corrected chi connectivity index (χ3v) is 3.83. The van der Waals surface area contributed by atoms with E-state index >= 15 is 0 Å². The molecule has 0 amide bonds. The summed E-state index contributed by atoms with van der Waals surface area (Å²) in [6.07, 6.45) is 0.571. The summed E-state index contributed by atoms with van der Waals surface area (Å²) < 4.78 is 0. The number of carbonyl (C=O) groups is 1. The summed E-state index contributed by atoms with van der Waals surface area (Å²) in [6, 6.07) is 16.8. The van der Waals surface area contributed by atoms with Gasteiger partial charge in [-0.2, -0.15) is 0 Å². The largest absolute Gasteiger partial charge is 0.481 e. The molecule has 0 spiro atoms. The number of carboxylic acid groups (broad SMARTS) is 1. The van der Waals surface area contributed by atoms with Gasteiger partial charge in [0.05, 0.1) is 5.92 Å². The van der Waals surface area contributed by atoms with Crippen molar-refractivity contribution in [2.24, 2.45) is 5.92 Å². The molecule has 1 atom stereocenters. The van der Waals surface area contributed by atoms with Crippen LogP contribution in [0.5, 0.6) is 0 Å². The number of rotatable bonds is 5. The highest BCUT2D eigenvalue weighted by molar-refractivity contribution is 5.70. The van der Waals surface area contributed by atoms with Crippen LogP contribution in [0.25, 0.3) is 11.1 Å².